The molecule has 0 aromatic carbocycles. The molecule has 3 aromatic heterocycles. The summed E-state index contributed by atoms with van der Waals surface area (Å²) >= 11 is 1.30. The van der Waals surface area contributed by atoms with Crippen molar-refractivity contribution in [3.63, 3.8) is 0 Å². The van der Waals surface area contributed by atoms with Gasteiger partial charge in [0.05, 0.1) is 21.5 Å². The van der Waals surface area contributed by atoms with E-state index in [1.165, 1.54) is 11.3 Å². The first-order chi connectivity index (χ1) is 11.2. The summed E-state index contributed by atoms with van der Waals surface area (Å²) in [5.41, 5.74) is 1.82. The van der Waals surface area contributed by atoms with E-state index in [9.17, 15) is 18.0 Å². The molecule has 9 heteroatoms. The Labute approximate surface area is 139 Å². The van der Waals surface area contributed by atoms with Crippen LogP contribution in [0.15, 0.2) is 12.3 Å². The average molecular weight is 359 g/mol. The number of nitrogens with zero attached hydrogens (tertiary/aromatic N) is 3. The number of carboxylic acid groups (broad SMARTS) is 1. The Hall–Kier alpha value is -2.03. The van der Waals surface area contributed by atoms with Gasteiger partial charge < -0.3 is 9.67 Å². The van der Waals surface area contributed by atoms with Gasteiger partial charge in [0.2, 0.25) is 0 Å². The number of aromatic carboxylic acids is 1. The zero-order chi connectivity index (χ0) is 17.6. The Morgan fingerprint density at radius 3 is 2.50 bits per heavy atom. The molecule has 4 rings (SSSR count). The first-order valence-electron chi connectivity index (χ1n) is 7.40. The Morgan fingerprint density at radius 2 is 2.04 bits per heavy atom. The number of hydrogen-bond acceptors (Lipinski definition) is 3. The minimum Gasteiger partial charge on any atom is -0.477 e. The molecule has 0 aliphatic heterocycles. The van der Waals surface area contributed by atoms with Crippen LogP contribution in [0.1, 0.15) is 28.9 Å². The number of fused-ring (bicyclic) bond motifs is 3. The highest BCUT2D eigenvalue weighted by Gasteiger charge is 2.42. The van der Waals surface area contributed by atoms with Gasteiger partial charge in [-0.25, -0.2) is 4.79 Å². The number of aryl methyl sites for hydroxylation is 2. The van der Waals surface area contributed by atoms with Gasteiger partial charge in [0.1, 0.15) is 4.88 Å². The molecule has 1 aliphatic carbocycles. The molecule has 3 heterocycles. The fourth-order valence-corrected chi connectivity index (χ4v) is 3.70. The van der Waals surface area contributed by atoms with Crippen molar-refractivity contribution in [1.82, 2.24) is 14.3 Å². The minimum atomic E-state index is -3.90. The van der Waals surface area contributed by atoms with Crippen molar-refractivity contribution < 1.29 is 23.1 Å². The number of alkyl halides is 3. The number of aromatic nitrogens is 3. The molecule has 0 amide bonds. The maximum Gasteiger partial charge on any atom is 0.391 e. The molecule has 0 bridgehead atoms. The summed E-state index contributed by atoms with van der Waals surface area (Å²) < 4.78 is 39.2. The Balaban J connectivity index is 0.000000179. The van der Waals surface area contributed by atoms with Crippen molar-refractivity contribution in [3.05, 3.63) is 17.1 Å². The molecular formula is C15H16F3N3O2S. The van der Waals surface area contributed by atoms with Crippen LogP contribution in [0.3, 0.4) is 0 Å². The summed E-state index contributed by atoms with van der Waals surface area (Å²) in [4.78, 5) is 11.3. The average Bonchev–Trinajstić information content (AvgIpc) is 3.01. The Morgan fingerprint density at radius 1 is 1.38 bits per heavy atom. The molecule has 130 valence electrons. The first-order valence-corrected chi connectivity index (χ1v) is 8.21. The van der Waals surface area contributed by atoms with Gasteiger partial charge in [-0.3, -0.25) is 4.68 Å². The second kappa shape index (κ2) is 5.80. The molecule has 0 spiro atoms. The van der Waals surface area contributed by atoms with Gasteiger partial charge in [-0.05, 0) is 18.9 Å². The van der Waals surface area contributed by atoms with Gasteiger partial charge >= 0.3 is 12.1 Å². The van der Waals surface area contributed by atoms with Gasteiger partial charge in [-0.15, -0.1) is 11.3 Å². The number of carboxylic acids is 1. The molecule has 1 saturated carbocycles. The van der Waals surface area contributed by atoms with Crippen molar-refractivity contribution in [1.29, 1.82) is 0 Å². The molecule has 5 nitrogen and oxygen atoms in total. The highest BCUT2D eigenvalue weighted by atomic mass is 32.1. The number of carbonyl (C=O) groups is 1. The van der Waals surface area contributed by atoms with Crippen LogP contribution >= 0.6 is 11.3 Å². The van der Waals surface area contributed by atoms with E-state index in [0.717, 1.165) is 27.7 Å². The summed E-state index contributed by atoms with van der Waals surface area (Å²) in [6, 6.07) is 1.70. The van der Waals surface area contributed by atoms with Crippen molar-refractivity contribution >= 4 is 38.6 Å². The fourth-order valence-electron chi connectivity index (χ4n) is 2.66. The van der Waals surface area contributed by atoms with Crippen molar-refractivity contribution in [2.45, 2.75) is 25.4 Å². The molecule has 0 unspecified atom stereocenters. The van der Waals surface area contributed by atoms with Gasteiger partial charge in [-0.2, -0.15) is 18.3 Å². The van der Waals surface area contributed by atoms with Crippen LogP contribution in [-0.2, 0) is 14.1 Å². The third kappa shape index (κ3) is 2.88. The quantitative estimate of drug-likeness (QED) is 0.709. The monoisotopic (exact) mass is 359 g/mol. The van der Waals surface area contributed by atoms with Gasteiger partial charge in [0.25, 0.3) is 0 Å². The lowest BCUT2D eigenvalue weighted by Crippen LogP contribution is -2.28. The topological polar surface area (TPSA) is 60.1 Å². The van der Waals surface area contributed by atoms with Crippen LogP contribution in [0.25, 0.3) is 21.3 Å². The van der Waals surface area contributed by atoms with E-state index in [2.05, 4.69) is 5.10 Å². The standard InChI is InChI=1S/C10H9N3O2S.C5H7F3/c1-12-4-5-8-6(13(2)9(5)11-12)3-7(16-8)10(14)15;6-5(7,8)4-2-1-3-4/h3-4H,1-2H3,(H,14,15);4H,1-3H2. The van der Waals surface area contributed by atoms with E-state index in [4.69, 9.17) is 5.11 Å². The molecule has 0 atom stereocenters. The number of thiophene rings is 1. The second-order valence-corrected chi connectivity index (χ2v) is 6.95. The van der Waals surface area contributed by atoms with Gasteiger partial charge in [-0.1, -0.05) is 6.42 Å². The van der Waals surface area contributed by atoms with Crippen LogP contribution in [0.5, 0.6) is 0 Å². The van der Waals surface area contributed by atoms with Crippen molar-refractivity contribution in [3.8, 4) is 0 Å². The number of halogens is 3. The second-order valence-electron chi connectivity index (χ2n) is 5.90. The lowest BCUT2D eigenvalue weighted by molar-refractivity contribution is -0.193. The maximum absolute atomic E-state index is 11.5. The minimum absolute atomic E-state index is 0.351. The highest BCUT2D eigenvalue weighted by Crippen LogP contribution is 2.40. The van der Waals surface area contributed by atoms with Crippen LogP contribution in [0.2, 0.25) is 0 Å². The molecule has 1 N–H and O–H groups in total. The van der Waals surface area contributed by atoms with Crippen molar-refractivity contribution in [2.24, 2.45) is 20.0 Å². The highest BCUT2D eigenvalue weighted by molar-refractivity contribution is 7.21. The van der Waals surface area contributed by atoms with E-state index in [1.807, 2.05) is 24.9 Å². The lowest BCUT2D eigenvalue weighted by Gasteiger charge is -2.27. The molecule has 0 saturated heterocycles. The number of rotatable bonds is 1. The third-order valence-electron chi connectivity index (χ3n) is 4.22. The summed E-state index contributed by atoms with van der Waals surface area (Å²) in [6.45, 7) is 0. The summed E-state index contributed by atoms with van der Waals surface area (Å²) in [7, 11) is 3.76. The first kappa shape index (κ1) is 16.8. The third-order valence-corrected chi connectivity index (χ3v) is 5.37. The lowest BCUT2D eigenvalue weighted by atomic mass is 9.85. The zero-order valence-corrected chi connectivity index (χ0v) is 13.9. The van der Waals surface area contributed by atoms with Crippen LogP contribution < -0.4 is 0 Å². The maximum atomic E-state index is 11.5. The van der Waals surface area contributed by atoms with Crippen LogP contribution in [0, 0.1) is 5.92 Å². The van der Waals surface area contributed by atoms with Crippen LogP contribution in [-0.4, -0.2) is 31.6 Å². The fraction of sp³-hybridized carbons (Fsp3) is 0.467. The number of hydrogen-bond donors (Lipinski definition) is 1. The predicted octanol–water partition coefficient (Wildman–Crippen LogP) is 4.17. The smallest absolute Gasteiger partial charge is 0.391 e. The largest absolute Gasteiger partial charge is 0.477 e. The zero-order valence-electron chi connectivity index (χ0n) is 13.1. The molecule has 1 aliphatic rings. The Kier molecular flexibility index (Phi) is 4.06. The molecular weight excluding hydrogens is 343 g/mol. The summed E-state index contributed by atoms with van der Waals surface area (Å²) in [5, 5.41) is 14.3. The summed E-state index contributed by atoms with van der Waals surface area (Å²) in [6.07, 6.45) is -0.533. The summed E-state index contributed by atoms with van der Waals surface area (Å²) in [5.74, 6) is -1.85. The van der Waals surface area contributed by atoms with E-state index in [0.29, 0.717) is 17.7 Å². The normalized spacial score (nSPS) is 15.4. The Bertz CT molecular complexity index is 903. The molecule has 24 heavy (non-hydrogen) atoms. The predicted molar refractivity (Wildman–Crippen MR) is 85.4 cm³/mol. The van der Waals surface area contributed by atoms with Crippen molar-refractivity contribution in [2.75, 3.05) is 0 Å². The van der Waals surface area contributed by atoms with E-state index in [1.54, 1.807) is 10.7 Å². The van der Waals surface area contributed by atoms with E-state index >= 15 is 0 Å². The molecule has 3 aromatic rings. The van der Waals surface area contributed by atoms with Crippen LogP contribution in [0.4, 0.5) is 13.2 Å². The van der Waals surface area contributed by atoms with E-state index in [-0.39, 0.29) is 0 Å². The van der Waals surface area contributed by atoms with Gasteiger partial charge in [0.15, 0.2) is 5.65 Å². The molecule has 1 fully saturated rings. The van der Waals surface area contributed by atoms with E-state index < -0.39 is 18.1 Å². The SMILES string of the molecule is Cn1cc2c3sc(C(=O)O)cc3n(C)c2n1.FC(F)(F)C1CCC1. The van der Waals surface area contributed by atoms with Gasteiger partial charge in [0, 0.05) is 20.3 Å². The molecule has 0 radical (unpaired) electrons.